The van der Waals surface area contributed by atoms with E-state index in [4.69, 9.17) is 4.74 Å². The summed E-state index contributed by atoms with van der Waals surface area (Å²) < 4.78 is 6.77. The number of esters is 1. The Balaban J connectivity index is 2.17. The molecule has 3 rings (SSSR count). The SMILES string of the molecule is COC(=O)c1cc(-n2cnc3ccccc32)ccc1C. The monoisotopic (exact) mass is 266 g/mol. The number of hydrogen-bond donors (Lipinski definition) is 0. The normalized spacial score (nSPS) is 10.7. The van der Waals surface area contributed by atoms with Crippen molar-refractivity contribution in [3.8, 4) is 5.69 Å². The van der Waals surface area contributed by atoms with E-state index in [0.29, 0.717) is 5.56 Å². The fraction of sp³-hybridized carbons (Fsp3) is 0.125. The van der Waals surface area contributed by atoms with Gasteiger partial charge < -0.3 is 4.74 Å². The molecule has 0 radical (unpaired) electrons. The molecule has 4 nitrogen and oxygen atoms in total. The number of para-hydroxylation sites is 2. The Morgan fingerprint density at radius 1 is 1.20 bits per heavy atom. The van der Waals surface area contributed by atoms with Crippen LogP contribution in [0.4, 0.5) is 0 Å². The number of carbonyl (C=O) groups excluding carboxylic acids is 1. The van der Waals surface area contributed by atoms with Crippen molar-refractivity contribution < 1.29 is 9.53 Å². The highest BCUT2D eigenvalue weighted by molar-refractivity contribution is 5.92. The Morgan fingerprint density at radius 2 is 2.00 bits per heavy atom. The van der Waals surface area contributed by atoms with Gasteiger partial charge in [-0.3, -0.25) is 4.57 Å². The molecule has 0 N–H and O–H groups in total. The van der Waals surface area contributed by atoms with Crippen LogP contribution < -0.4 is 0 Å². The Hall–Kier alpha value is -2.62. The third-order valence-electron chi connectivity index (χ3n) is 3.36. The first kappa shape index (κ1) is 12.4. The Kier molecular flexibility index (Phi) is 2.99. The summed E-state index contributed by atoms with van der Waals surface area (Å²) in [6.45, 7) is 1.89. The van der Waals surface area contributed by atoms with E-state index in [1.165, 1.54) is 7.11 Å². The smallest absolute Gasteiger partial charge is 0.338 e. The molecule has 4 heteroatoms. The van der Waals surface area contributed by atoms with Gasteiger partial charge in [0, 0.05) is 5.69 Å². The lowest BCUT2D eigenvalue weighted by molar-refractivity contribution is 0.0600. The summed E-state index contributed by atoms with van der Waals surface area (Å²) in [6.07, 6.45) is 1.76. The lowest BCUT2D eigenvalue weighted by Crippen LogP contribution is -2.05. The third-order valence-corrected chi connectivity index (χ3v) is 3.36. The summed E-state index contributed by atoms with van der Waals surface area (Å²) in [5.41, 5.74) is 4.29. The predicted octanol–water partition coefficient (Wildman–Crippen LogP) is 3.12. The van der Waals surface area contributed by atoms with Crippen LogP contribution in [0, 0.1) is 6.92 Å². The molecule has 0 fully saturated rings. The molecule has 0 amide bonds. The number of nitrogens with zero attached hydrogens (tertiary/aromatic N) is 2. The van der Waals surface area contributed by atoms with Crippen LogP contribution in [0.15, 0.2) is 48.8 Å². The lowest BCUT2D eigenvalue weighted by atomic mass is 10.1. The van der Waals surface area contributed by atoms with Crippen molar-refractivity contribution in [3.05, 3.63) is 59.9 Å². The lowest BCUT2D eigenvalue weighted by Gasteiger charge is -2.09. The molecule has 0 unspecified atom stereocenters. The quantitative estimate of drug-likeness (QED) is 0.669. The maximum Gasteiger partial charge on any atom is 0.338 e. The summed E-state index contributed by atoms with van der Waals surface area (Å²) in [5, 5.41) is 0. The molecule has 0 aliphatic rings. The van der Waals surface area contributed by atoms with E-state index in [1.807, 2.05) is 54.0 Å². The summed E-state index contributed by atoms with van der Waals surface area (Å²) in [6, 6.07) is 13.6. The number of hydrogen-bond acceptors (Lipinski definition) is 3. The zero-order chi connectivity index (χ0) is 14.1. The zero-order valence-corrected chi connectivity index (χ0v) is 11.3. The van der Waals surface area contributed by atoms with E-state index in [-0.39, 0.29) is 5.97 Å². The summed E-state index contributed by atoms with van der Waals surface area (Å²) in [7, 11) is 1.39. The van der Waals surface area contributed by atoms with Gasteiger partial charge in [-0.15, -0.1) is 0 Å². The van der Waals surface area contributed by atoms with Gasteiger partial charge in [0.25, 0.3) is 0 Å². The summed E-state index contributed by atoms with van der Waals surface area (Å²) >= 11 is 0. The molecule has 3 aromatic rings. The first-order chi connectivity index (χ1) is 9.70. The molecule has 0 saturated carbocycles. The summed E-state index contributed by atoms with van der Waals surface area (Å²) in [5.74, 6) is -0.325. The standard InChI is InChI=1S/C16H14N2O2/c1-11-7-8-12(9-13(11)16(19)20-2)18-10-17-14-5-3-4-6-15(14)18/h3-10H,1-2H3. The molecular formula is C16H14N2O2. The third kappa shape index (κ3) is 1.95. The molecular weight excluding hydrogens is 252 g/mol. The highest BCUT2D eigenvalue weighted by Crippen LogP contribution is 2.20. The average Bonchev–Trinajstić information content (AvgIpc) is 2.91. The van der Waals surface area contributed by atoms with Crippen LogP contribution in [0.1, 0.15) is 15.9 Å². The second-order valence-corrected chi connectivity index (χ2v) is 4.59. The molecule has 0 aliphatic carbocycles. The van der Waals surface area contributed by atoms with Crippen molar-refractivity contribution in [3.63, 3.8) is 0 Å². The molecule has 20 heavy (non-hydrogen) atoms. The zero-order valence-electron chi connectivity index (χ0n) is 11.3. The van der Waals surface area contributed by atoms with Crippen molar-refractivity contribution in [2.45, 2.75) is 6.92 Å². The second-order valence-electron chi connectivity index (χ2n) is 4.59. The molecule has 100 valence electrons. The molecule has 0 spiro atoms. The highest BCUT2D eigenvalue weighted by Gasteiger charge is 2.11. The van der Waals surface area contributed by atoms with Gasteiger partial charge >= 0.3 is 5.97 Å². The van der Waals surface area contributed by atoms with E-state index in [0.717, 1.165) is 22.3 Å². The van der Waals surface area contributed by atoms with Crippen LogP contribution in [0.25, 0.3) is 16.7 Å². The fourth-order valence-electron chi connectivity index (χ4n) is 2.25. The van der Waals surface area contributed by atoms with Gasteiger partial charge in [0.2, 0.25) is 0 Å². The highest BCUT2D eigenvalue weighted by atomic mass is 16.5. The van der Waals surface area contributed by atoms with Gasteiger partial charge in [-0.05, 0) is 36.8 Å². The number of imidazole rings is 1. The molecule has 1 aromatic heterocycles. The molecule has 0 aliphatic heterocycles. The van der Waals surface area contributed by atoms with Crippen LogP contribution in [-0.4, -0.2) is 22.6 Å². The van der Waals surface area contributed by atoms with Gasteiger partial charge in [0.1, 0.15) is 6.33 Å². The minimum absolute atomic E-state index is 0.325. The number of ether oxygens (including phenoxy) is 1. The van der Waals surface area contributed by atoms with Gasteiger partial charge in [-0.2, -0.15) is 0 Å². The van der Waals surface area contributed by atoms with E-state index in [1.54, 1.807) is 6.33 Å². The molecule has 0 atom stereocenters. The van der Waals surface area contributed by atoms with E-state index >= 15 is 0 Å². The second kappa shape index (κ2) is 4.81. The van der Waals surface area contributed by atoms with Gasteiger partial charge in [0.05, 0.1) is 23.7 Å². The number of aryl methyl sites for hydroxylation is 1. The van der Waals surface area contributed by atoms with Gasteiger partial charge in [-0.1, -0.05) is 18.2 Å². The number of aromatic nitrogens is 2. The molecule has 2 aromatic carbocycles. The molecule has 0 saturated heterocycles. The minimum Gasteiger partial charge on any atom is -0.465 e. The van der Waals surface area contributed by atoms with Crippen molar-refractivity contribution in [2.75, 3.05) is 7.11 Å². The van der Waals surface area contributed by atoms with Crippen molar-refractivity contribution in [1.82, 2.24) is 9.55 Å². The number of rotatable bonds is 2. The van der Waals surface area contributed by atoms with E-state index in [2.05, 4.69) is 4.98 Å². The van der Waals surface area contributed by atoms with Crippen molar-refractivity contribution in [1.29, 1.82) is 0 Å². The Bertz CT molecular complexity index is 790. The number of methoxy groups -OCH3 is 1. The first-order valence-electron chi connectivity index (χ1n) is 6.32. The van der Waals surface area contributed by atoms with E-state index in [9.17, 15) is 4.79 Å². The van der Waals surface area contributed by atoms with Crippen LogP contribution in [0.5, 0.6) is 0 Å². The molecule has 1 heterocycles. The number of fused-ring (bicyclic) bond motifs is 1. The largest absolute Gasteiger partial charge is 0.465 e. The van der Waals surface area contributed by atoms with Crippen LogP contribution in [0.2, 0.25) is 0 Å². The van der Waals surface area contributed by atoms with E-state index < -0.39 is 0 Å². The van der Waals surface area contributed by atoms with Gasteiger partial charge in [0.15, 0.2) is 0 Å². The number of benzene rings is 2. The minimum atomic E-state index is -0.325. The Morgan fingerprint density at radius 3 is 2.80 bits per heavy atom. The Labute approximate surface area is 116 Å². The average molecular weight is 266 g/mol. The first-order valence-corrected chi connectivity index (χ1v) is 6.32. The maximum atomic E-state index is 11.8. The fourth-order valence-corrected chi connectivity index (χ4v) is 2.25. The number of carbonyl (C=O) groups is 1. The predicted molar refractivity (Wildman–Crippen MR) is 77.1 cm³/mol. The van der Waals surface area contributed by atoms with Gasteiger partial charge in [-0.25, -0.2) is 9.78 Å². The topological polar surface area (TPSA) is 44.1 Å². The van der Waals surface area contributed by atoms with Crippen molar-refractivity contribution >= 4 is 17.0 Å². The van der Waals surface area contributed by atoms with Crippen molar-refractivity contribution in [2.24, 2.45) is 0 Å². The summed E-state index contributed by atoms with van der Waals surface area (Å²) in [4.78, 5) is 16.1. The maximum absolute atomic E-state index is 11.8. The van der Waals surface area contributed by atoms with Crippen LogP contribution in [0.3, 0.4) is 0 Å². The molecule has 0 bridgehead atoms. The van der Waals surface area contributed by atoms with Crippen LogP contribution in [-0.2, 0) is 4.74 Å². The van der Waals surface area contributed by atoms with Crippen LogP contribution >= 0.6 is 0 Å².